The summed E-state index contributed by atoms with van der Waals surface area (Å²) in [5, 5.41) is 3.48. The third-order valence-corrected chi connectivity index (χ3v) is 3.75. The number of fused-ring (bicyclic) bond motifs is 1. The molecule has 0 amide bonds. The first-order chi connectivity index (χ1) is 7.47. The van der Waals surface area contributed by atoms with Crippen LogP contribution in [0.3, 0.4) is 0 Å². The molecule has 0 aliphatic carbocycles. The molecular weight excluding hydrogens is 235 g/mol. The van der Waals surface area contributed by atoms with E-state index >= 15 is 0 Å². The normalized spacial score (nSPS) is 20.9. The summed E-state index contributed by atoms with van der Waals surface area (Å²) in [6, 6.07) is 3.89. The second kappa shape index (κ2) is 4.20. The van der Waals surface area contributed by atoms with E-state index in [1.165, 1.54) is 6.07 Å². The molecule has 1 heterocycles. The fraction of sp³-hybridized carbons (Fsp3) is 0.455. The third kappa shape index (κ3) is 2.45. The van der Waals surface area contributed by atoms with Gasteiger partial charge in [-0.1, -0.05) is 6.92 Å². The largest absolute Gasteiger partial charge is 0.416 e. The number of benzene rings is 1. The highest BCUT2D eigenvalue weighted by Crippen LogP contribution is 2.38. The molecule has 0 fully saturated rings. The zero-order chi connectivity index (χ0) is 11.8. The van der Waals surface area contributed by atoms with Gasteiger partial charge in [0.2, 0.25) is 0 Å². The van der Waals surface area contributed by atoms with Gasteiger partial charge in [0.25, 0.3) is 0 Å². The third-order valence-electron chi connectivity index (χ3n) is 2.50. The fourth-order valence-electron chi connectivity index (χ4n) is 1.63. The van der Waals surface area contributed by atoms with Crippen molar-refractivity contribution in [2.24, 2.45) is 0 Å². The van der Waals surface area contributed by atoms with Gasteiger partial charge in [-0.3, -0.25) is 0 Å². The molecule has 1 aromatic rings. The molecule has 0 radical (unpaired) electrons. The first kappa shape index (κ1) is 11.6. The number of rotatable bonds is 0. The molecule has 1 nitrogen and oxygen atoms in total. The van der Waals surface area contributed by atoms with Gasteiger partial charge in [-0.05, 0) is 24.6 Å². The second-order valence-corrected chi connectivity index (χ2v) is 5.33. The number of anilines is 1. The van der Waals surface area contributed by atoms with Crippen LogP contribution in [0.2, 0.25) is 0 Å². The fourth-order valence-corrected chi connectivity index (χ4v) is 2.71. The van der Waals surface area contributed by atoms with E-state index in [0.29, 0.717) is 10.9 Å². The minimum Gasteiger partial charge on any atom is -0.384 e. The van der Waals surface area contributed by atoms with Crippen LogP contribution >= 0.6 is 11.8 Å². The van der Waals surface area contributed by atoms with Crippen LogP contribution in [0.15, 0.2) is 23.1 Å². The van der Waals surface area contributed by atoms with Crippen molar-refractivity contribution in [3.8, 4) is 0 Å². The average Bonchev–Trinajstić information content (AvgIpc) is 2.35. The predicted molar refractivity (Wildman–Crippen MR) is 59.9 cm³/mol. The highest BCUT2D eigenvalue weighted by Gasteiger charge is 2.31. The molecule has 0 saturated heterocycles. The molecule has 0 aromatic heterocycles. The Morgan fingerprint density at radius 1 is 1.38 bits per heavy atom. The van der Waals surface area contributed by atoms with E-state index in [0.717, 1.165) is 23.9 Å². The maximum atomic E-state index is 12.5. The highest BCUT2D eigenvalue weighted by molar-refractivity contribution is 8.00. The number of hydrogen-bond acceptors (Lipinski definition) is 2. The Balaban J connectivity index is 2.35. The average molecular weight is 247 g/mol. The van der Waals surface area contributed by atoms with Crippen molar-refractivity contribution in [2.75, 3.05) is 11.9 Å². The maximum Gasteiger partial charge on any atom is 0.416 e. The minimum absolute atomic E-state index is 0.436. The number of alkyl halides is 3. The van der Waals surface area contributed by atoms with Crippen LogP contribution in [-0.2, 0) is 6.18 Å². The van der Waals surface area contributed by atoms with Crippen LogP contribution < -0.4 is 5.32 Å². The van der Waals surface area contributed by atoms with Gasteiger partial charge in [0.15, 0.2) is 0 Å². The second-order valence-electron chi connectivity index (χ2n) is 3.85. The number of thioether (sulfide) groups is 1. The summed E-state index contributed by atoms with van der Waals surface area (Å²) in [6.45, 7) is 2.81. The molecule has 16 heavy (non-hydrogen) atoms. The Labute approximate surface area is 96.4 Å². The molecule has 1 aliphatic rings. The number of hydrogen-bond donors (Lipinski definition) is 1. The summed E-state index contributed by atoms with van der Waals surface area (Å²) in [4.78, 5) is 0.901. The first-order valence-electron chi connectivity index (χ1n) is 5.08. The predicted octanol–water partition coefficient (Wildman–Crippen LogP) is 4.00. The van der Waals surface area contributed by atoms with E-state index in [9.17, 15) is 13.2 Å². The Hall–Kier alpha value is -0.840. The molecule has 1 aromatic carbocycles. The number of nitrogens with one attached hydrogen (secondary N) is 1. The van der Waals surface area contributed by atoms with Crippen molar-refractivity contribution >= 4 is 17.4 Å². The lowest BCUT2D eigenvalue weighted by Gasteiger charge is -2.12. The lowest BCUT2D eigenvalue weighted by molar-refractivity contribution is -0.137. The van der Waals surface area contributed by atoms with Crippen LogP contribution in [0, 0.1) is 0 Å². The van der Waals surface area contributed by atoms with E-state index in [-0.39, 0.29) is 0 Å². The number of halogens is 3. The Morgan fingerprint density at radius 2 is 2.12 bits per heavy atom. The Kier molecular flexibility index (Phi) is 3.06. The monoisotopic (exact) mass is 247 g/mol. The van der Waals surface area contributed by atoms with Gasteiger partial charge >= 0.3 is 6.18 Å². The van der Waals surface area contributed by atoms with Crippen molar-refractivity contribution in [3.63, 3.8) is 0 Å². The molecule has 1 atom stereocenters. The Bertz CT molecular complexity index is 389. The van der Waals surface area contributed by atoms with Gasteiger partial charge in [0.05, 0.1) is 5.56 Å². The molecule has 2 rings (SSSR count). The molecular formula is C11H12F3NS. The zero-order valence-electron chi connectivity index (χ0n) is 8.77. The smallest absolute Gasteiger partial charge is 0.384 e. The van der Waals surface area contributed by atoms with Gasteiger partial charge < -0.3 is 5.32 Å². The molecule has 0 spiro atoms. The van der Waals surface area contributed by atoms with Gasteiger partial charge in [-0.2, -0.15) is 13.2 Å². The van der Waals surface area contributed by atoms with Crippen molar-refractivity contribution in [1.82, 2.24) is 0 Å². The molecule has 88 valence electrons. The lowest BCUT2D eigenvalue weighted by Crippen LogP contribution is -2.07. The standard InChI is InChI=1S/C11H12F3NS/c1-7-4-5-15-9-6-8(11(12,13)14)2-3-10(9)16-7/h2-3,6-7,15H,4-5H2,1H3/t7-/m1/s1. The summed E-state index contributed by atoms with van der Waals surface area (Å²) in [7, 11) is 0. The van der Waals surface area contributed by atoms with E-state index in [1.54, 1.807) is 17.8 Å². The first-order valence-corrected chi connectivity index (χ1v) is 5.96. The van der Waals surface area contributed by atoms with Crippen molar-refractivity contribution < 1.29 is 13.2 Å². The molecule has 1 N–H and O–H groups in total. The van der Waals surface area contributed by atoms with Crippen molar-refractivity contribution in [3.05, 3.63) is 23.8 Å². The summed E-state index contributed by atoms with van der Waals surface area (Å²) in [5.74, 6) is 0. The minimum atomic E-state index is -4.26. The molecule has 1 aliphatic heterocycles. The quantitative estimate of drug-likeness (QED) is 0.743. The molecule has 0 unspecified atom stereocenters. The van der Waals surface area contributed by atoms with Gasteiger partial charge in [-0.25, -0.2) is 0 Å². The van der Waals surface area contributed by atoms with E-state index in [2.05, 4.69) is 12.2 Å². The molecule has 0 saturated carbocycles. The zero-order valence-corrected chi connectivity index (χ0v) is 9.58. The van der Waals surface area contributed by atoms with E-state index < -0.39 is 11.7 Å². The van der Waals surface area contributed by atoms with Crippen molar-refractivity contribution in [1.29, 1.82) is 0 Å². The summed E-state index contributed by atoms with van der Waals surface area (Å²) in [5.41, 5.74) is 0.0121. The van der Waals surface area contributed by atoms with Gasteiger partial charge in [0.1, 0.15) is 0 Å². The molecule has 0 bridgehead atoms. The molecule has 5 heteroatoms. The highest BCUT2D eigenvalue weighted by atomic mass is 32.2. The van der Waals surface area contributed by atoms with E-state index in [4.69, 9.17) is 0 Å². The van der Waals surface area contributed by atoms with Crippen LogP contribution in [0.5, 0.6) is 0 Å². The Morgan fingerprint density at radius 3 is 2.81 bits per heavy atom. The summed E-state index contributed by atoms with van der Waals surface area (Å²) < 4.78 is 37.5. The van der Waals surface area contributed by atoms with Gasteiger partial charge in [-0.15, -0.1) is 11.8 Å². The topological polar surface area (TPSA) is 12.0 Å². The van der Waals surface area contributed by atoms with Gasteiger partial charge in [0, 0.05) is 22.4 Å². The SMILES string of the molecule is C[C@@H]1CCNc2cc(C(F)(F)F)ccc2S1. The van der Waals surface area contributed by atoms with E-state index in [1.807, 2.05) is 0 Å². The van der Waals surface area contributed by atoms with Crippen molar-refractivity contribution in [2.45, 2.75) is 29.7 Å². The van der Waals surface area contributed by atoms with Crippen LogP contribution in [0.1, 0.15) is 18.9 Å². The maximum absolute atomic E-state index is 12.5. The van der Waals surface area contributed by atoms with Crippen LogP contribution in [0.4, 0.5) is 18.9 Å². The summed E-state index contributed by atoms with van der Waals surface area (Å²) in [6.07, 6.45) is -3.31. The lowest BCUT2D eigenvalue weighted by atomic mass is 10.2. The van der Waals surface area contributed by atoms with Crippen LogP contribution in [0.25, 0.3) is 0 Å². The summed E-state index contributed by atoms with van der Waals surface area (Å²) >= 11 is 1.62. The van der Waals surface area contributed by atoms with Crippen LogP contribution in [-0.4, -0.2) is 11.8 Å².